The average molecular weight is 367 g/mol. The highest BCUT2D eigenvalue weighted by molar-refractivity contribution is 6.31. The molecule has 2 rings (SSSR count). The van der Waals surface area contributed by atoms with E-state index < -0.39 is 5.97 Å². The maximum absolute atomic E-state index is 12.7. The van der Waals surface area contributed by atoms with E-state index >= 15 is 0 Å². The highest BCUT2D eigenvalue weighted by Crippen LogP contribution is 2.21. The van der Waals surface area contributed by atoms with Crippen molar-refractivity contribution in [2.24, 2.45) is 0 Å². The largest absolute Gasteiger partial charge is 0.480 e. The Balaban J connectivity index is 2.08. The van der Waals surface area contributed by atoms with Gasteiger partial charge in [-0.1, -0.05) is 11.6 Å². The Kier molecular flexibility index (Phi) is 6.42. The molecule has 1 aromatic rings. The van der Waals surface area contributed by atoms with E-state index in [9.17, 15) is 14.4 Å². The van der Waals surface area contributed by atoms with Crippen LogP contribution in [-0.2, 0) is 9.59 Å². The van der Waals surface area contributed by atoms with Gasteiger partial charge in [-0.3, -0.25) is 14.4 Å². The van der Waals surface area contributed by atoms with Crippen molar-refractivity contribution in [1.82, 2.24) is 9.80 Å². The molecule has 0 radical (unpaired) electrons. The first-order chi connectivity index (χ1) is 11.8. The number of benzene rings is 1. The van der Waals surface area contributed by atoms with Crippen LogP contribution >= 0.6 is 11.6 Å². The lowest BCUT2D eigenvalue weighted by molar-refractivity contribution is -0.145. The van der Waals surface area contributed by atoms with Gasteiger partial charge in [0.25, 0.3) is 5.91 Å². The zero-order chi connectivity index (χ0) is 18.6. The van der Waals surface area contributed by atoms with Crippen LogP contribution in [0.3, 0.4) is 0 Å². The lowest BCUT2D eigenvalue weighted by atomic mass is 10.1. The van der Waals surface area contributed by atoms with Crippen LogP contribution < -0.4 is 0 Å². The summed E-state index contributed by atoms with van der Waals surface area (Å²) in [6.07, 6.45) is 1.97. The van der Waals surface area contributed by atoms with Gasteiger partial charge in [0, 0.05) is 36.6 Å². The van der Waals surface area contributed by atoms with Crippen LogP contribution in [0.4, 0.5) is 0 Å². The van der Waals surface area contributed by atoms with Crippen LogP contribution in [0.15, 0.2) is 18.2 Å². The van der Waals surface area contributed by atoms with Crippen LogP contribution in [0.1, 0.15) is 42.1 Å². The number of nitrogens with zero attached hydrogens (tertiary/aromatic N) is 2. The van der Waals surface area contributed by atoms with Crippen LogP contribution in [-0.4, -0.2) is 58.4 Å². The van der Waals surface area contributed by atoms with E-state index in [2.05, 4.69) is 0 Å². The molecule has 1 aliphatic heterocycles. The maximum atomic E-state index is 12.7. The lowest BCUT2D eigenvalue weighted by Gasteiger charge is -2.28. The predicted molar refractivity (Wildman–Crippen MR) is 94.8 cm³/mol. The fourth-order valence-corrected chi connectivity index (χ4v) is 3.57. The van der Waals surface area contributed by atoms with Crippen molar-refractivity contribution >= 4 is 29.4 Å². The molecular formula is C18H23ClN2O4. The van der Waals surface area contributed by atoms with Gasteiger partial charge in [-0.25, -0.2) is 0 Å². The number of carbonyl (C=O) groups excluding carboxylic acids is 2. The van der Waals surface area contributed by atoms with E-state index in [1.165, 1.54) is 11.8 Å². The first-order valence-corrected chi connectivity index (χ1v) is 8.71. The normalized spacial score (nSPS) is 17.7. The summed E-state index contributed by atoms with van der Waals surface area (Å²) in [7, 11) is 0. The Morgan fingerprint density at radius 2 is 1.96 bits per heavy atom. The van der Waals surface area contributed by atoms with Gasteiger partial charge in [0.2, 0.25) is 5.91 Å². The highest BCUT2D eigenvalue weighted by Gasteiger charge is 2.28. The smallest absolute Gasteiger partial charge is 0.323 e. The maximum Gasteiger partial charge on any atom is 0.323 e. The van der Waals surface area contributed by atoms with Gasteiger partial charge < -0.3 is 14.9 Å². The quantitative estimate of drug-likeness (QED) is 0.888. The topological polar surface area (TPSA) is 77.9 Å². The molecule has 25 heavy (non-hydrogen) atoms. The Hall–Kier alpha value is -2.08. The van der Waals surface area contributed by atoms with Crippen molar-refractivity contribution in [2.45, 2.75) is 39.2 Å². The summed E-state index contributed by atoms with van der Waals surface area (Å²) < 4.78 is 0. The third-order valence-electron chi connectivity index (χ3n) is 4.42. The molecule has 0 bridgehead atoms. The Labute approximate surface area is 152 Å². The number of aliphatic carboxylic acids is 1. The molecule has 1 aliphatic rings. The fraction of sp³-hybridized carbons (Fsp3) is 0.500. The number of carboxylic acid groups (broad SMARTS) is 1. The van der Waals surface area contributed by atoms with Gasteiger partial charge in [0.05, 0.1) is 0 Å². The molecule has 6 nitrogen and oxygen atoms in total. The number of carbonyl (C=O) groups is 3. The summed E-state index contributed by atoms with van der Waals surface area (Å²) in [5.41, 5.74) is 1.48. The Bertz CT molecular complexity index is 657. The van der Waals surface area contributed by atoms with Gasteiger partial charge in [0.15, 0.2) is 0 Å². The van der Waals surface area contributed by atoms with E-state index in [-0.39, 0.29) is 24.4 Å². The van der Waals surface area contributed by atoms with Gasteiger partial charge in [-0.15, -0.1) is 0 Å². The molecule has 1 saturated heterocycles. The summed E-state index contributed by atoms with van der Waals surface area (Å²) in [5.74, 6) is -1.36. The summed E-state index contributed by atoms with van der Waals surface area (Å²) in [5, 5.41) is 9.53. The summed E-state index contributed by atoms with van der Waals surface area (Å²) in [4.78, 5) is 38.6. The Morgan fingerprint density at radius 1 is 1.24 bits per heavy atom. The van der Waals surface area contributed by atoms with Crippen molar-refractivity contribution < 1.29 is 19.5 Å². The zero-order valence-corrected chi connectivity index (χ0v) is 15.3. The van der Waals surface area contributed by atoms with E-state index in [1.807, 2.05) is 13.0 Å². The molecule has 0 aliphatic carbocycles. The Morgan fingerprint density at radius 3 is 2.56 bits per heavy atom. The molecule has 7 heteroatoms. The number of likely N-dealkylation sites (tertiary alicyclic amines) is 1. The molecule has 1 unspecified atom stereocenters. The van der Waals surface area contributed by atoms with Gasteiger partial charge in [0.1, 0.15) is 6.54 Å². The van der Waals surface area contributed by atoms with Crippen LogP contribution in [0.5, 0.6) is 0 Å². The molecule has 0 spiro atoms. The zero-order valence-electron chi connectivity index (χ0n) is 14.5. The molecule has 1 N–H and O–H groups in total. The van der Waals surface area contributed by atoms with Crippen molar-refractivity contribution in [3.8, 4) is 0 Å². The molecule has 136 valence electrons. The number of hydrogen-bond acceptors (Lipinski definition) is 3. The van der Waals surface area contributed by atoms with Crippen molar-refractivity contribution in [2.75, 3.05) is 19.6 Å². The first kappa shape index (κ1) is 19.2. The minimum atomic E-state index is -1.03. The molecule has 2 amide bonds. The second-order valence-electron chi connectivity index (χ2n) is 6.43. The minimum absolute atomic E-state index is 0.0844. The summed E-state index contributed by atoms with van der Waals surface area (Å²) in [6, 6.07) is 5.11. The number of rotatable bonds is 4. The van der Waals surface area contributed by atoms with Crippen LogP contribution in [0, 0.1) is 6.92 Å². The second kappa shape index (κ2) is 8.34. The van der Waals surface area contributed by atoms with Gasteiger partial charge in [-0.2, -0.15) is 0 Å². The third-order valence-corrected chi connectivity index (χ3v) is 4.64. The van der Waals surface area contributed by atoms with E-state index in [4.69, 9.17) is 16.7 Å². The third kappa shape index (κ3) is 5.19. The van der Waals surface area contributed by atoms with Crippen molar-refractivity contribution in [3.05, 3.63) is 34.3 Å². The van der Waals surface area contributed by atoms with Crippen LogP contribution in [0.2, 0.25) is 5.02 Å². The number of amides is 2. The van der Waals surface area contributed by atoms with E-state index in [0.717, 1.165) is 12.0 Å². The van der Waals surface area contributed by atoms with E-state index in [1.54, 1.807) is 17.0 Å². The number of hydrogen-bond donors (Lipinski definition) is 1. The predicted octanol–water partition coefficient (Wildman–Crippen LogP) is 2.58. The molecule has 0 saturated carbocycles. The van der Waals surface area contributed by atoms with Gasteiger partial charge >= 0.3 is 5.97 Å². The second-order valence-corrected chi connectivity index (χ2v) is 6.87. The highest BCUT2D eigenvalue weighted by atomic mass is 35.5. The fourth-order valence-electron chi connectivity index (χ4n) is 3.28. The van der Waals surface area contributed by atoms with Crippen molar-refractivity contribution in [1.29, 1.82) is 0 Å². The van der Waals surface area contributed by atoms with Crippen LogP contribution in [0.25, 0.3) is 0 Å². The van der Waals surface area contributed by atoms with Crippen molar-refractivity contribution in [3.63, 3.8) is 0 Å². The molecule has 1 fully saturated rings. The summed E-state index contributed by atoms with van der Waals surface area (Å²) >= 11 is 6.04. The SMILES string of the molecule is CC(=O)N(CC(=O)O)C1CCCN(C(=O)c2cc(C)cc(Cl)c2)CC1. The molecule has 1 aromatic carbocycles. The molecule has 1 atom stereocenters. The average Bonchev–Trinajstić information content (AvgIpc) is 2.76. The number of halogens is 1. The molecule has 1 heterocycles. The number of carboxylic acids is 1. The minimum Gasteiger partial charge on any atom is -0.480 e. The standard InChI is InChI=1S/C18H23ClN2O4/c1-12-8-14(10-15(19)9-12)18(25)20-6-3-4-16(5-7-20)21(13(2)22)11-17(23)24/h8-10,16H,3-7,11H2,1-2H3,(H,23,24). The monoisotopic (exact) mass is 366 g/mol. The van der Waals surface area contributed by atoms with Gasteiger partial charge in [-0.05, 0) is 49.9 Å². The molecular weight excluding hydrogens is 344 g/mol. The van der Waals surface area contributed by atoms with E-state index in [0.29, 0.717) is 36.5 Å². The molecule has 0 aromatic heterocycles. The first-order valence-electron chi connectivity index (χ1n) is 8.33. The lowest BCUT2D eigenvalue weighted by Crippen LogP contribution is -2.43. The summed E-state index contributed by atoms with van der Waals surface area (Å²) in [6.45, 7) is 4.03. The number of aryl methyl sites for hydroxylation is 1.